The van der Waals surface area contributed by atoms with E-state index in [1.807, 2.05) is 6.07 Å². The van der Waals surface area contributed by atoms with E-state index in [2.05, 4.69) is 21.3 Å². The average molecular weight is 426 g/mol. The lowest BCUT2D eigenvalue weighted by Gasteiger charge is -2.21. The molecule has 1 aliphatic rings. The van der Waals surface area contributed by atoms with E-state index >= 15 is 0 Å². The number of halogens is 1. The van der Waals surface area contributed by atoms with Gasteiger partial charge in [0.2, 0.25) is 11.8 Å². The maximum atomic E-state index is 14.1. The molecule has 31 heavy (non-hydrogen) atoms. The Kier molecular flexibility index (Phi) is 7.98. The van der Waals surface area contributed by atoms with Crippen molar-refractivity contribution < 1.29 is 18.8 Å². The number of carbonyl (C=O) groups excluding carboxylic acids is 3. The highest BCUT2D eigenvalue weighted by molar-refractivity contribution is 5.95. The Hall–Kier alpha value is -3.42. The van der Waals surface area contributed by atoms with Gasteiger partial charge in [-0.15, -0.1) is 0 Å². The summed E-state index contributed by atoms with van der Waals surface area (Å²) in [6, 6.07) is 12.6. The molecule has 2 aromatic carbocycles. The van der Waals surface area contributed by atoms with E-state index in [-0.39, 0.29) is 36.4 Å². The van der Waals surface area contributed by atoms with Crippen molar-refractivity contribution in [1.82, 2.24) is 5.32 Å². The molecule has 164 valence electrons. The summed E-state index contributed by atoms with van der Waals surface area (Å²) in [5, 5.41) is 10.6. The topological polar surface area (TPSA) is 99.3 Å². The number of urea groups is 1. The first-order valence-electron chi connectivity index (χ1n) is 10.5. The fourth-order valence-corrected chi connectivity index (χ4v) is 3.51. The van der Waals surface area contributed by atoms with Gasteiger partial charge in [-0.3, -0.25) is 9.59 Å². The minimum absolute atomic E-state index is 0.0450. The SMILES string of the molecule is O=C(CCNC(=O)Nc1ccccc1)Nc1ccc(F)c(NC(=O)C2CCCCC2)c1. The molecule has 4 amide bonds. The summed E-state index contributed by atoms with van der Waals surface area (Å²) in [6.07, 6.45) is 4.82. The van der Waals surface area contributed by atoms with E-state index in [4.69, 9.17) is 0 Å². The third kappa shape index (κ3) is 7.09. The first-order valence-corrected chi connectivity index (χ1v) is 10.5. The van der Waals surface area contributed by atoms with Crippen molar-refractivity contribution in [2.24, 2.45) is 5.92 Å². The van der Waals surface area contributed by atoms with Crippen LogP contribution in [0.3, 0.4) is 0 Å². The van der Waals surface area contributed by atoms with Crippen molar-refractivity contribution in [1.29, 1.82) is 0 Å². The van der Waals surface area contributed by atoms with Gasteiger partial charge in [-0.1, -0.05) is 37.5 Å². The van der Waals surface area contributed by atoms with Crippen molar-refractivity contribution in [3.63, 3.8) is 0 Å². The van der Waals surface area contributed by atoms with Gasteiger partial charge in [0.15, 0.2) is 0 Å². The van der Waals surface area contributed by atoms with Crippen molar-refractivity contribution in [3.8, 4) is 0 Å². The normalized spacial score (nSPS) is 13.8. The molecule has 4 N–H and O–H groups in total. The van der Waals surface area contributed by atoms with Crippen LogP contribution in [0.15, 0.2) is 48.5 Å². The molecule has 0 atom stereocenters. The molecular weight excluding hydrogens is 399 g/mol. The zero-order valence-electron chi connectivity index (χ0n) is 17.2. The van der Waals surface area contributed by atoms with Crippen LogP contribution < -0.4 is 21.3 Å². The maximum Gasteiger partial charge on any atom is 0.319 e. The summed E-state index contributed by atoms with van der Waals surface area (Å²) in [5.41, 5.74) is 1.08. The van der Waals surface area contributed by atoms with Crippen molar-refractivity contribution >= 4 is 34.9 Å². The number of nitrogens with one attached hydrogen (secondary N) is 4. The molecule has 0 spiro atoms. The second-order valence-electron chi connectivity index (χ2n) is 7.56. The van der Waals surface area contributed by atoms with E-state index < -0.39 is 11.8 Å². The van der Waals surface area contributed by atoms with Crippen LogP contribution in [0.1, 0.15) is 38.5 Å². The monoisotopic (exact) mass is 426 g/mol. The number of carbonyl (C=O) groups is 3. The molecule has 2 aromatic rings. The van der Waals surface area contributed by atoms with Gasteiger partial charge in [0.25, 0.3) is 0 Å². The molecule has 8 heteroatoms. The number of amides is 4. The number of rotatable bonds is 7. The third-order valence-corrected chi connectivity index (χ3v) is 5.15. The molecule has 7 nitrogen and oxygen atoms in total. The highest BCUT2D eigenvalue weighted by Gasteiger charge is 2.22. The lowest BCUT2D eigenvalue weighted by atomic mass is 9.88. The molecule has 0 unspecified atom stereocenters. The quantitative estimate of drug-likeness (QED) is 0.525. The Balaban J connectivity index is 1.45. The molecule has 1 aliphatic carbocycles. The summed E-state index contributed by atoms with van der Waals surface area (Å²) in [7, 11) is 0. The van der Waals surface area contributed by atoms with Crippen molar-refractivity contribution in [2.45, 2.75) is 38.5 Å². The first kappa shape index (κ1) is 22.3. The Morgan fingerprint density at radius 3 is 2.35 bits per heavy atom. The minimum Gasteiger partial charge on any atom is -0.337 e. The fourth-order valence-electron chi connectivity index (χ4n) is 3.51. The van der Waals surface area contributed by atoms with E-state index in [0.29, 0.717) is 11.4 Å². The van der Waals surface area contributed by atoms with Gasteiger partial charge < -0.3 is 21.3 Å². The maximum absolute atomic E-state index is 14.1. The van der Waals surface area contributed by atoms with Crippen LogP contribution in [-0.4, -0.2) is 24.4 Å². The molecule has 0 heterocycles. The zero-order valence-corrected chi connectivity index (χ0v) is 17.2. The van der Waals surface area contributed by atoms with Gasteiger partial charge in [-0.25, -0.2) is 9.18 Å². The van der Waals surface area contributed by atoms with Crippen LogP contribution in [0.2, 0.25) is 0 Å². The van der Waals surface area contributed by atoms with E-state index in [1.165, 1.54) is 18.2 Å². The number of anilines is 3. The Morgan fingerprint density at radius 1 is 0.871 bits per heavy atom. The molecule has 0 saturated heterocycles. The van der Waals surface area contributed by atoms with Crippen LogP contribution in [-0.2, 0) is 9.59 Å². The number of para-hydroxylation sites is 1. The van der Waals surface area contributed by atoms with Crippen LogP contribution in [0.25, 0.3) is 0 Å². The van der Waals surface area contributed by atoms with Gasteiger partial charge in [0.05, 0.1) is 5.69 Å². The van der Waals surface area contributed by atoms with Gasteiger partial charge in [0.1, 0.15) is 5.82 Å². The number of hydrogen-bond acceptors (Lipinski definition) is 3. The van der Waals surface area contributed by atoms with Crippen LogP contribution >= 0.6 is 0 Å². The molecular formula is C23H27FN4O3. The van der Waals surface area contributed by atoms with E-state index in [0.717, 1.165) is 32.1 Å². The van der Waals surface area contributed by atoms with E-state index in [9.17, 15) is 18.8 Å². The summed E-state index contributed by atoms with van der Waals surface area (Å²) < 4.78 is 14.1. The number of hydrogen-bond donors (Lipinski definition) is 4. The fraction of sp³-hybridized carbons (Fsp3) is 0.348. The molecule has 0 aliphatic heterocycles. The van der Waals surface area contributed by atoms with Gasteiger partial charge in [-0.2, -0.15) is 0 Å². The third-order valence-electron chi connectivity index (χ3n) is 5.15. The van der Waals surface area contributed by atoms with Gasteiger partial charge in [-0.05, 0) is 43.2 Å². The number of benzene rings is 2. The second kappa shape index (κ2) is 11.1. The summed E-state index contributed by atoms with van der Waals surface area (Å²) in [4.78, 5) is 36.4. The highest BCUT2D eigenvalue weighted by Crippen LogP contribution is 2.26. The van der Waals surface area contributed by atoms with Gasteiger partial charge >= 0.3 is 6.03 Å². The first-order chi connectivity index (χ1) is 15.0. The Morgan fingerprint density at radius 2 is 1.61 bits per heavy atom. The lowest BCUT2D eigenvalue weighted by Crippen LogP contribution is -2.31. The molecule has 0 radical (unpaired) electrons. The van der Waals surface area contributed by atoms with Crippen molar-refractivity contribution in [3.05, 3.63) is 54.3 Å². The van der Waals surface area contributed by atoms with Crippen LogP contribution in [0, 0.1) is 11.7 Å². The zero-order chi connectivity index (χ0) is 22.1. The van der Waals surface area contributed by atoms with Gasteiger partial charge in [0, 0.05) is 30.3 Å². The standard InChI is InChI=1S/C23H27FN4O3/c24-19-12-11-18(15-20(19)28-22(30)16-7-3-1-4-8-16)26-21(29)13-14-25-23(31)27-17-9-5-2-6-10-17/h2,5-6,9-12,15-16H,1,3-4,7-8,13-14H2,(H,26,29)(H,28,30)(H2,25,27,31). The average Bonchev–Trinajstić information content (AvgIpc) is 2.77. The summed E-state index contributed by atoms with van der Waals surface area (Å²) in [6.45, 7) is 0.136. The predicted molar refractivity (Wildman–Crippen MR) is 118 cm³/mol. The molecule has 0 aromatic heterocycles. The Labute approximate surface area is 180 Å². The van der Waals surface area contributed by atoms with E-state index in [1.54, 1.807) is 24.3 Å². The predicted octanol–water partition coefficient (Wildman–Crippen LogP) is 4.49. The van der Waals surface area contributed by atoms with Crippen molar-refractivity contribution in [2.75, 3.05) is 22.5 Å². The molecule has 1 fully saturated rings. The summed E-state index contributed by atoms with van der Waals surface area (Å²) >= 11 is 0. The van der Waals surface area contributed by atoms with Crippen LogP contribution in [0.4, 0.5) is 26.2 Å². The smallest absolute Gasteiger partial charge is 0.319 e. The Bertz CT molecular complexity index is 914. The lowest BCUT2D eigenvalue weighted by molar-refractivity contribution is -0.120. The summed E-state index contributed by atoms with van der Waals surface area (Å²) in [5.74, 6) is -1.17. The molecule has 0 bridgehead atoms. The molecule has 3 rings (SSSR count). The van der Waals surface area contributed by atoms with Crippen LogP contribution in [0.5, 0.6) is 0 Å². The highest BCUT2D eigenvalue weighted by atomic mass is 19.1. The molecule has 1 saturated carbocycles. The second-order valence-corrected chi connectivity index (χ2v) is 7.56. The minimum atomic E-state index is -0.554. The largest absolute Gasteiger partial charge is 0.337 e.